The molecule has 0 aliphatic carbocycles. The number of hydrogen-bond acceptors (Lipinski definition) is 7. The molecule has 1 aliphatic heterocycles. The number of methoxy groups -OCH3 is 1. The quantitative estimate of drug-likeness (QED) is 0.125. The summed E-state index contributed by atoms with van der Waals surface area (Å²) in [4.78, 5) is 27.7. The molecule has 0 atom stereocenters. The van der Waals surface area contributed by atoms with Crippen LogP contribution in [0.25, 0.3) is 6.08 Å². The Morgan fingerprint density at radius 1 is 1.13 bits per heavy atom. The van der Waals surface area contributed by atoms with Crippen molar-refractivity contribution in [2.24, 2.45) is 4.99 Å². The number of benzene rings is 3. The van der Waals surface area contributed by atoms with E-state index in [1.807, 2.05) is 22.6 Å². The molecule has 196 valence electrons. The van der Waals surface area contributed by atoms with Crippen LogP contribution in [-0.4, -0.2) is 23.1 Å². The summed E-state index contributed by atoms with van der Waals surface area (Å²) in [6.45, 7) is 0. The lowest BCUT2D eigenvalue weighted by Gasteiger charge is -2.14. The Labute approximate surface area is 236 Å². The first-order valence-corrected chi connectivity index (χ1v) is 12.7. The Hall–Kier alpha value is -3.30. The second kappa shape index (κ2) is 11.2. The summed E-state index contributed by atoms with van der Waals surface area (Å²) < 4.78 is 50.5. The summed E-state index contributed by atoms with van der Waals surface area (Å²) in [5.41, 5.74) is -0.874. The molecule has 1 saturated heterocycles. The van der Waals surface area contributed by atoms with Gasteiger partial charge < -0.3 is 14.8 Å². The molecule has 0 bridgehead atoms. The maximum atomic E-state index is 13.0. The maximum absolute atomic E-state index is 13.0. The Morgan fingerprint density at radius 2 is 1.84 bits per heavy atom. The van der Waals surface area contributed by atoms with E-state index in [1.165, 1.54) is 13.2 Å². The maximum Gasteiger partial charge on any atom is 0.416 e. The van der Waals surface area contributed by atoms with E-state index in [4.69, 9.17) is 21.1 Å². The van der Waals surface area contributed by atoms with Crippen LogP contribution in [0.15, 0.2) is 64.5 Å². The van der Waals surface area contributed by atoms with E-state index in [0.717, 1.165) is 17.8 Å². The van der Waals surface area contributed by atoms with Gasteiger partial charge >= 0.3 is 11.9 Å². The molecule has 1 amide bonds. The lowest BCUT2D eigenvalue weighted by Crippen LogP contribution is -2.19. The van der Waals surface area contributed by atoms with E-state index in [1.54, 1.807) is 36.4 Å². The second-order valence-corrected chi connectivity index (χ2v) is 10.2. The first kappa shape index (κ1) is 27.7. The summed E-state index contributed by atoms with van der Waals surface area (Å²) in [6.07, 6.45) is -3.16. The molecule has 1 N–H and O–H groups in total. The fourth-order valence-corrected chi connectivity index (χ4v) is 4.92. The number of nitro groups is 1. The van der Waals surface area contributed by atoms with Crippen LogP contribution >= 0.6 is 46.0 Å². The number of rotatable bonds is 6. The smallest absolute Gasteiger partial charge is 0.416 e. The average molecular weight is 676 g/mol. The lowest BCUT2D eigenvalue weighted by molar-refractivity contribution is -0.385. The van der Waals surface area contributed by atoms with Crippen molar-refractivity contribution >= 4 is 74.5 Å². The zero-order valence-electron chi connectivity index (χ0n) is 19.0. The van der Waals surface area contributed by atoms with Crippen LogP contribution in [0.5, 0.6) is 17.2 Å². The van der Waals surface area contributed by atoms with E-state index in [9.17, 15) is 28.1 Å². The van der Waals surface area contributed by atoms with Gasteiger partial charge in [-0.15, -0.1) is 0 Å². The van der Waals surface area contributed by atoms with Gasteiger partial charge in [-0.05, 0) is 94.5 Å². The van der Waals surface area contributed by atoms with Crippen molar-refractivity contribution in [3.05, 3.63) is 89.3 Å². The number of aliphatic imine (C=N–C) groups is 1. The molecule has 3 aromatic rings. The zero-order chi connectivity index (χ0) is 27.6. The van der Waals surface area contributed by atoms with Crippen molar-refractivity contribution in [2.45, 2.75) is 6.18 Å². The van der Waals surface area contributed by atoms with Gasteiger partial charge in [0.05, 0.1) is 31.8 Å². The third-order valence-corrected chi connectivity index (χ3v) is 6.92. The standard InChI is InChI=1S/C24H14ClF3IN3O5S/c1-36-19-9-12(10-20-22(33)31-23(38-20)30-15-5-3-14(25)4-6-15)8-16(29)21(19)37-18-7-2-13(24(26,27)28)11-17(18)32(34)35/h2-11H,1H3,(H,30,31,33)/b20-10-. The Morgan fingerprint density at radius 3 is 2.47 bits per heavy atom. The van der Waals surface area contributed by atoms with Gasteiger partial charge in [-0.2, -0.15) is 13.2 Å². The number of nitro benzene ring substituents is 1. The average Bonchev–Trinajstić information content (AvgIpc) is 3.19. The van der Waals surface area contributed by atoms with Gasteiger partial charge in [0.1, 0.15) is 0 Å². The first-order chi connectivity index (χ1) is 17.9. The normalized spacial score (nSPS) is 15.6. The highest BCUT2D eigenvalue weighted by Crippen LogP contribution is 2.43. The largest absolute Gasteiger partial charge is 0.493 e. The predicted molar refractivity (Wildman–Crippen MR) is 146 cm³/mol. The molecule has 0 saturated carbocycles. The van der Waals surface area contributed by atoms with Crippen molar-refractivity contribution in [1.82, 2.24) is 5.32 Å². The number of nitrogens with one attached hydrogen (secondary N) is 1. The van der Waals surface area contributed by atoms with Gasteiger partial charge in [-0.25, -0.2) is 4.99 Å². The molecule has 38 heavy (non-hydrogen) atoms. The minimum Gasteiger partial charge on any atom is -0.493 e. The van der Waals surface area contributed by atoms with Crippen LogP contribution < -0.4 is 14.8 Å². The number of amidine groups is 1. The number of hydrogen-bond donors (Lipinski definition) is 1. The third-order valence-electron chi connectivity index (χ3n) is 4.95. The van der Waals surface area contributed by atoms with Gasteiger partial charge in [0, 0.05) is 11.1 Å². The van der Waals surface area contributed by atoms with Crippen molar-refractivity contribution in [3.8, 4) is 17.2 Å². The fourth-order valence-electron chi connectivity index (χ4n) is 3.22. The van der Waals surface area contributed by atoms with E-state index >= 15 is 0 Å². The number of alkyl halides is 3. The minimum absolute atomic E-state index is 0.0617. The number of ether oxygens (including phenoxy) is 2. The first-order valence-electron chi connectivity index (χ1n) is 10.4. The highest BCUT2D eigenvalue weighted by atomic mass is 127. The number of nitrogens with zero attached hydrogens (tertiary/aromatic N) is 2. The summed E-state index contributed by atoms with van der Waals surface area (Å²) in [5.74, 6) is -0.542. The molecule has 0 aromatic heterocycles. The van der Waals surface area contributed by atoms with Gasteiger partial charge in [-0.1, -0.05) is 11.6 Å². The fraction of sp³-hybridized carbons (Fsp3) is 0.0833. The molecule has 1 aliphatic rings. The summed E-state index contributed by atoms with van der Waals surface area (Å²) in [5, 5.41) is 15.0. The molecule has 0 unspecified atom stereocenters. The van der Waals surface area contributed by atoms with Crippen molar-refractivity contribution in [2.75, 3.05) is 7.11 Å². The molecular weight excluding hydrogens is 662 g/mol. The van der Waals surface area contributed by atoms with E-state index in [0.29, 0.717) is 42.0 Å². The summed E-state index contributed by atoms with van der Waals surface area (Å²) >= 11 is 8.90. The van der Waals surface area contributed by atoms with Gasteiger partial charge in [0.15, 0.2) is 16.7 Å². The SMILES string of the molecule is COc1cc(/C=C2\SC(=Nc3ccc(Cl)cc3)NC2=O)cc(I)c1Oc1ccc(C(F)(F)F)cc1[N+](=O)[O-]. The number of thioether (sulfide) groups is 1. The van der Waals surface area contributed by atoms with Crippen LogP contribution in [0, 0.1) is 13.7 Å². The number of carbonyl (C=O) groups is 1. The van der Waals surface area contributed by atoms with Gasteiger partial charge in [-0.3, -0.25) is 14.9 Å². The minimum atomic E-state index is -4.76. The van der Waals surface area contributed by atoms with Crippen LogP contribution in [0.2, 0.25) is 5.02 Å². The number of carbonyl (C=O) groups excluding carboxylic acids is 1. The molecule has 0 spiro atoms. The Kier molecular flexibility index (Phi) is 8.18. The molecule has 14 heteroatoms. The van der Waals surface area contributed by atoms with E-state index in [-0.39, 0.29) is 23.2 Å². The molecule has 4 rings (SSSR count). The van der Waals surface area contributed by atoms with Gasteiger partial charge in [0.2, 0.25) is 5.75 Å². The zero-order valence-corrected chi connectivity index (χ0v) is 22.7. The van der Waals surface area contributed by atoms with Crippen molar-refractivity contribution in [1.29, 1.82) is 0 Å². The van der Waals surface area contributed by atoms with Crippen molar-refractivity contribution < 1.29 is 32.4 Å². The van der Waals surface area contributed by atoms with Gasteiger partial charge in [0.25, 0.3) is 5.91 Å². The lowest BCUT2D eigenvalue weighted by atomic mass is 10.1. The van der Waals surface area contributed by atoms with Crippen LogP contribution in [0.3, 0.4) is 0 Å². The molecule has 8 nitrogen and oxygen atoms in total. The number of halogens is 5. The van der Waals surface area contributed by atoms with E-state index in [2.05, 4.69) is 10.3 Å². The van der Waals surface area contributed by atoms with Crippen LogP contribution in [0.1, 0.15) is 11.1 Å². The molecule has 3 aromatic carbocycles. The summed E-state index contributed by atoms with van der Waals surface area (Å²) in [6, 6.07) is 11.9. The van der Waals surface area contributed by atoms with E-state index < -0.39 is 22.4 Å². The molecule has 0 radical (unpaired) electrons. The monoisotopic (exact) mass is 675 g/mol. The Balaban J connectivity index is 1.63. The molecule has 1 heterocycles. The molecular formula is C24H14ClF3IN3O5S. The van der Waals surface area contributed by atoms with Crippen LogP contribution in [-0.2, 0) is 11.0 Å². The predicted octanol–water partition coefficient (Wildman–Crippen LogP) is 7.56. The summed E-state index contributed by atoms with van der Waals surface area (Å²) in [7, 11) is 1.34. The highest BCUT2D eigenvalue weighted by molar-refractivity contribution is 14.1. The second-order valence-electron chi connectivity index (χ2n) is 7.53. The Bertz CT molecular complexity index is 1500. The topological polar surface area (TPSA) is 103 Å². The van der Waals surface area contributed by atoms with Crippen molar-refractivity contribution in [3.63, 3.8) is 0 Å². The molecule has 1 fully saturated rings. The third kappa shape index (κ3) is 6.39. The van der Waals surface area contributed by atoms with Crippen LogP contribution in [0.4, 0.5) is 24.5 Å². The number of amides is 1. The highest BCUT2D eigenvalue weighted by Gasteiger charge is 2.34.